The van der Waals surface area contributed by atoms with E-state index in [0.29, 0.717) is 43.3 Å². The van der Waals surface area contributed by atoms with E-state index in [9.17, 15) is 4.79 Å². The van der Waals surface area contributed by atoms with Crippen molar-refractivity contribution in [3.05, 3.63) is 78.1 Å². The van der Waals surface area contributed by atoms with Crippen LogP contribution >= 0.6 is 0 Å². The Bertz CT molecular complexity index is 1240. The van der Waals surface area contributed by atoms with Crippen LogP contribution < -0.4 is 9.47 Å². The van der Waals surface area contributed by atoms with Crippen LogP contribution in [0.2, 0.25) is 0 Å². The van der Waals surface area contributed by atoms with Crippen molar-refractivity contribution in [1.29, 1.82) is 0 Å². The Kier molecular flexibility index (Phi) is 5.00. The van der Waals surface area contributed by atoms with Crippen LogP contribution in [0.25, 0.3) is 16.9 Å². The summed E-state index contributed by atoms with van der Waals surface area (Å²) in [7, 11) is 0. The summed E-state index contributed by atoms with van der Waals surface area (Å²) >= 11 is 0. The third kappa shape index (κ3) is 3.48. The minimum absolute atomic E-state index is 0.121. The van der Waals surface area contributed by atoms with Crippen molar-refractivity contribution in [2.45, 2.75) is 13.5 Å². The maximum Gasteiger partial charge on any atom is 0.259 e. The number of amides is 1. The molecule has 0 aliphatic carbocycles. The zero-order valence-electron chi connectivity index (χ0n) is 17.2. The van der Waals surface area contributed by atoms with Crippen LogP contribution in [0.15, 0.2) is 67.0 Å². The van der Waals surface area contributed by atoms with Crippen molar-refractivity contribution in [3.63, 3.8) is 0 Å². The summed E-state index contributed by atoms with van der Waals surface area (Å²) in [5, 5.41) is 4.47. The Morgan fingerprint density at radius 1 is 1.06 bits per heavy atom. The average molecular weight is 414 g/mol. The van der Waals surface area contributed by atoms with Crippen LogP contribution in [0.3, 0.4) is 0 Å². The lowest BCUT2D eigenvalue weighted by Gasteiger charge is -2.25. The molecule has 0 fully saturated rings. The monoisotopic (exact) mass is 414 g/mol. The van der Waals surface area contributed by atoms with E-state index >= 15 is 0 Å². The van der Waals surface area contributed by atoms with Gasteiger partial charge < -0.3 is 14.4 Å². The zero-order valence-corrected chi connectivity index (χ0v) is 17.2. The normalized spacial score (nSPS) is 12.7. The lowest BCUT2D eigenvalue weighted by atomic mass is 10.1. The second-order valence-electron chi connectivity index (χ2n) is 7.25. The Balaban J connectivity index is 1.48. The number of carbonyl (C=O) groups is 1. The summed E-state index contributed by atoms with van der Waals surface area (Å²) in [4.78, 5) is 19.6. The number of rotatable bonds is 5. The Morgan fingerprint density at radius 3 is 2.74 bits per heavy atom. The average Bonchev–Trinajstić information content (AvgIpc) is 3.27. The topological polar surface area (TPSA) is 69.0 Å². The number of hydrogen-bond acceptors (Lipinski definition) is 5. The molecule has 0 atom stereocenters. The molecule has 0 bridgehead atoms. The first-order chi connectivity index (χ1) is 15.3. The molecule has 0 unspecified atom stereocenters. The van der Waals surface area contributed by atoms with E-state index in [0.717, 1.165) is 22.6 Å². The Morgan fingerprint density at radius 2 is 1.90 bits per heavy atom. The number of aromatic nitrogens is 3. The van der Waals surface area contributed by atoms with Gasteiger partial charge in [0.15, 0.2) is 17.1 Å². The van der Waals surface area contributed by atoms with Gasteiger partial charge in [0.25, 0.3) is 5.91 Å². The molecule has 2 aromatic heterocycles. The molecule has 1 aliphatic heterocycles. The molecule has 7 heteroatoms. The second kappa shape index (κ2) is 8.10. The molecule has 0 N–H and O–H groups in total. The van der Waals surface area contributed by atoms with Gasteiger partial charge in [0, 0.05) is 30.4 Å². The third-order valence-electron chi connectivity index (χ3n) is 5.38. The molecule has 0 radical (unpaired) electrons. The first kappa shape index (κ1) is 19.1. The largest absolute Gasteiger partial charge is 0.486 e. The highest BCUT2D eigenvalue weighted by molar-refractivity contribution is 6.00. The standard InChI is InChI=1S/C24H22N4O3/c1-2-27(16-18-9-6-10-21-22(18)31-14-13-30-21)24(29)19-15-26-28-20(11-12-25-23(19)28)17-7-4-3-5-8-17/h3-12,15H,2,13-14,16H2,1H3. The van der Waals surface area contributed by atoms with Crippen molar-refractivity contribution < 1.29 is 14.3 Å². The SMILES string of the molecule is CCN(Cc1cccc2c1OCCO2)C(=O)c1cnn2c(-c3ccccc3)ccnc12. The summed E-state index contributed by atoms with van der Waals surface area (Å²) in [6, 6.07) is 17.6. The van der Waals surface area contributed by atoms with Crippen LogP contribution in [0.4, 0.5) is 0 Å². The minimum Gasteiger partial charge on any atom is -0.486 e. The molecule has 4 aromatic rings. The molecule has 5 rings (SSSR count). The van der Waals surface area contributed by atoms with E-state index in [1.165, 1.54) is 0 Å². The van der Waals surface area contributed by atoms with Crippen molar-refractivity contribution in [2.75, 3.05) is 19.8 Å². The van der Waals surface area contributed by atoms with Gasteiger partial charge in [-0.2, -0.15) is 5.10 Å². The van der Waals surface area contributed by atoms with Gasteiger partial charge in [-0.05, 0) is 19.1 Å². The quantitative estimate of drug-likeness (QED) is 0.496. The predicted octanol–water partition coefficient (Wildman–Crippen LogP) is 3.83. The fourth-order valence-corrected chi connectivity index (χ4v) is 3.83. The molecule has 0 saturated heterocycles. The second-order valence-corrected chi connectivity index (χ2v) is 7.25. The van der Waals surface area contributed by atoms with Crippen LogP contribution in [-0.2, 0) is 6.54 Å². The first-order valence-corrected chi connectivity index (χ1v) is 10.3. The molecular formula is C24H22N4O3. The molecular weight excluding hydrogens is 392 g/mol. The third-order valence-corrected chi connectivity index (χ3v) is 5.38. The molecule has 0 spiro atoms. The van der Waals surface area contributed by atoms with E-state index in [2.05, 4.69) is 10.1 Å². The highest BCUT2D eigenvalue weighted by Crippen LogP contribution is 2.34. The molecule has 1 aliphatic rings. The number of carbonyl (C=O) groups excluding carboxylic acids is 1. The molecule has 7 nitrogen and oxygen atoms in total. The highest BCUT2D eigenvalue weighted by Gasteiger charge is 2.23. The zero-order chi connectivity index (χ0) is 21.2. The maximum absolute atomic E-state index is 13.4. The first-order valence-electron chi connectivity index (χ1n) is 10.3. The van der Waals surface area contributed by atoms with Gasteiger partial charge >= 0.3 is 0 Å². The van der Waals surface area contributed by atoms with E-state index in [1.54, 1.807) is 21.8 Å². The van der Waals surface area contributed by atoms with Crippen molar-refractivity contribution in [2.24, 2.45) is 0 Å². The van der Waals surface area contributed by atoms with Gasteiger partial charge in [0.2, 0.25) is 0 Å². The number of fused-ring (bicyclic) bond motifs is 2. The van der Waals surface area contributed by atoms with Gasteiger partial charge in [0.1, 0.15) is 18.8 Å². The molecule has 3 heterocycles. The van der Waals surface area contributed by atoms with Gasteiger partial charge in [0.05, 0.1) is 11.9 Å². The number of para-hydroxylation sites is 1. The van der Waals surface area contributed by atoms with Crippen LogP contribution in [0.5, 0.6) is 11.5 Å². The van der Waals surface area contributed by atoms with E-state index in [1.807, 2.05) is 61.5 Å². The fraction of sp³-hybridized carbons (Fsp3) is 0.208. The fourth-order valence-electron chi connectivity index (χ4n) is 3.83. The van der Waals surface area contributed by atoms with Crippen LogP contribution in [0, 0.1) is 0 Å². The van der Waals surface area contributed by atoms with E-state index in [-0.39, 0.29) is 5.91 Å². The van der Waals surface area contributed by atoms with Crippen LogP contribution in [-0.4, -0.2) is 45.2 Å². The lowest BCUT2D eigenvalue weighted by molar-refractivity contribution is 0.0751. The summed E-state index contributed by atoms with van der Waals surface area (Å²) in [5.74, 6) is 1.31. The smallest absolute Gasteiger partial charge is 0.259 e. The molecule has 31 heavy (non-hydrogen) atoms. The molecule has 0 saturated carbocycles. The lowest BCUT2D eigenvalue weighted by Crippen LogP contribution is -2.31. The highest BCUT2D eigenvalue weighted by atomic mass is 16.6. The summed E-state index contributed by atoms with van der Waals surface area (Å²) in [5.41, 5.74) is 3.83. The number of hydrogen-bond donors (Lipinski definition) is 0. The summed E-state index contributed by atoms with van der Waals surface area (Å²) < 4.78 is 13.2. The van der Waals surface area contributed by atoms with Gasteiger partial charge in [-0.15, -0.1) is 0 Å². The molecule has 1 amide bonds. The number of ether oxygens (including phenoxy) is 2. The van der Waals surface area contributed by atoms with Crippen LogP contribution in [0.1, 0.15) is 22.8 Å². The predicted molar refractivity (Wildman–Crippen MR) is 116 cm³/mol. The minimum atomic E-state index is -0.121. The van der Waals surface area contributed by atoms with Crippen molar-refractivity contribution in [3.8, 4) is 22.8 Å². The maximum atomic E-state index is 13.4. The van der Waals surface area contributed by atoms with Gasteiger partial charge in [-0.3, -0.25) is 4.79 Å². The van der Waals surface area contributed by atoms with E-state index in [4.69, 9.17) is 9.47 Å². The van der Waals surface area contributed by atoms with Gasteiger partial charge in [-0.25, -0.2) is 9.50 Å². The Hall–Kier alpha value is -3.87. The Labute approximate surface area is 179 Å². The van der Waals surface area contributed by atoms with Gasteiger partial charge in [-0.1, -0.05) is 42.5 Å². The molecule has 2 aromatic carbocycles. The molecule has 156 valence electrons. The number of nitrogens with zero attached hydrogens (tertiary/aromatic N) is 4. The summed E-state index contributed by atoms with van der Waals surface area (Å²) in [6.07, 6.45) is 3.31. The van der Waals surface area contributed by atoms with Crippen molar-refractivity contribution in [1.82, 2.24) is 19.5 Å². The van der Waals surface area contributed by atoms with E-state index < -0.39 is 0 Å². The van der Waals surface area contributed by atoms with Crippen molar-refractivity contribution >= 4 is 11.6 Å². The number of benzene rings is 2. The summed E-state index contributed by atoms with van der Waals surface area (Å²) in [6.45, 7) is 3.95.